The van der Waals surface area contributed by atoms with Crippen molar-refractivity contribution in [1.29, 1.82) is 0 Å². The Balaban J connectivity index is 1.63. The van der Waals surface area contributed by atoms with E-state index in [4.69, 9.17) is 9.15 Å². The van der Waals surface area contributed by atoms with Crippen molar-refractivity contribution < 1.29 is 18.7 Å². The van der Waals surface area contributed by atoms with Crippen molar-refractivity contribution in [3.05, 3.63) is 23.2 Å². The first-order chi connectivity index (χ1) is 11.2. The summed E-state index contributed by atoms with van der Waals surface area (Å²) in [6, 6.07) is 1.74. The van der Waals surface area contributed by atoms with Gasteiger partial charge in [0.05, 0.1) is 17.3 Å². The van der Waals surface area contributed by atoms with E-state index in [0.717, 1.165) is 19.3 Å². The molecule has 1 aromatic heterocycles. The number of fused-ring (bicyclic) bond motifs is 1. The molecule has 2 heterocycles. The van der Waals surface area contributed by atoms with Gasteiger partial charge in [-0.3, -0.25) is 9.59 Å². The van der Waals surface area contributed by atoms with E-state index in [0.29, 0.717) is 24.3 Å². The fraction of sp³-hybridized carbons (Fsp3) is 0.667. The molecule has 2 amide bonds. The van der Waals surface area contributed by atoms with Gasteiger partial charge in [0.2, 0.25) is 0 Å². The van der Waals surface area contributed by atoms with Crippen LogP contribution < -0.4 is 5.32 Å². The fourth-order valence-electron chi connectivity index (χ4n) is 3.25. The highest BCUT2D eigenvalue weighted by Gasteiger charge is 2.38. The predicted molar refractivity (Wildman–Crippen MR) is 89.1 cm³/mol. The molecule has 0 spiro atoms. The average Bonchev–Trinajstić information content (AvgIpc) is 2.81. The molecular weight excluding hydrogens is 308 g/mol. The molecule has 6 nitrogen and oxygen atoms in total. The monoisotopic (exact) mass is 334 g/mol. The number of furan rings is 1. The lowest BCUT2D eigenvalue weighted by atomic mass is 9.87. The molecule has 24 heavy (non-hydrogen) atoms. The van der Waals surface area contributed by atoms with Gasteiger partial charge in [-0.25, -0.2) is 0 Å². The van der Waals surface area contributed by atoms with Crippen LogP contribution in [0.3, 0.4) is 0 Å². The predicted octanol–water partition coefficient (Wildman–Crippen LogP) is 2.37. The molecule has 1 aliphatic heterocycles. The first-order valence-corrected chi connectivity index (χ1v) is 8.60. The van der Waals surface area contributed by atoms with Crippen LogP contribution in [0.15, 0.2) is 10.5 Å². The van der Waals surface area contributed by atoms with Crippen LogP contribution in [-0.4, -0.2) is 48.1 Å². The molecule has 2 aliphatic rings. The van der Waals surface area contributed by atoms with Crippen molar-refractivity contribution in [2.75, 3.05) is 13.6 Å². The summed E-state index contributed by atoms with van der Waals surface area (Å²) >= 11 is 0. The minimum absolute atomic E-state index is 0.156. The number of amides is 2. The number of nitrogens with zero attached hydrogens (tertiary/aromatic N) is 1. The standard InChI is InChI=1S/C18H26N2O4/c1-18(2,3)24-12-8-11(9-12)20(4)17(22)15-10-13-14(23-15)6-5-7-19-16(13)21/h10-12H,5-9H2,1-4H3,(H,19,21). The van der Waals surface area contributed by atoms with Crippen molar-refractivity contribution in [2.45, 2.75) is 64.2 Å². The zero-order valence-electron chi connectivity index (χ0n) is 14.8. The van der Waals surface area contributed by atoms with Crippen molar-refractivity contribution in [3.63, 3.8) is 0 Å². The van der Waals surface area contributed by atoms with Crippen LogP contribution in [0.1, 0.15) is 66.7 Å². The maximum Gasteiger partial charge on any atom is 0.289 e. The van der Waals surface area contributed by atoms with Gasteiger partial charge in [-0.2, -0.15) is 0 Å². The number of hydrogen-bond donors (Lipinski definition) is 1. The van der Waals surface area contributed by atoms with Gasteiger partial charge < -0.3 is 19.4 Å². The summed E-state index contributed by atoms with van der Waals surface area (Å²) in [7, 11) is 1.79. The van der Waals surface area contributed by atoms with Crippen LogP contribution in [-0.2, 0) is 11.2 Å². The summed E-state index contributed by atoms with van der Waals surface area (Å²) in [5.74, 6) is 0.536. The Kier molecular flexibility index (Phi) is 4.42. The highest BCUT2D eigenvalue weighted by Crippen LogP contribution is 2.32. The van der Waals surface area contributed by atoms with E-state index in [1.54, 1.807) is 18.0 Å². The lowest BCUT2D eigenvalue weighted by Gasteiger charge is -2.43. The largest absolute Gasteiger partial charge is 0.455 e. The van der Waals surface area contributed by atoms with E-state index in [9.17, 15) is 9.59 Å². The molecule has 1 fully saturated rings. The molecule has 0 atom stereocenters. The molecule has 1 saturated carbocycles. The van der Waals surface area contributed by atoms with Crippen LogP contribution in [0, 0.1) is 0 Å². The van der Waals surface area contributed by atoms with Crippen molar-refractivity contribution in [3.8, 4) is 0 Å². The van der Waals surface area contributed by atoms with Crippen LogP contribution in [0.25, 0.3) is 0 Å². The number of carbonyl (C=O) groups excluding carboxylic acids is 2. The average molecular weight is 334 g/mol. The lowest BCUT2D eigenvalue weighted by Crippen LogP contribution is -2.50. The number of carbonyl (C=O) groups is 2. The van der Waals surface area contributed by atoms with Gasteiger partial charge in [0.15, 0.2) is 5.76 Å². The van der Waals surface area contributed by atoms with Crippen molar-refractivity contribution in [2.24, 2.45) is 0 Å². The SMILES string of the molecule is CN(C(=O)c1cc2c(o1)CCCNC2=O)C1CC(OC(C)(C)C)C1. The molecule has 0 saturated heterocycles. The van der Waals surface area contributed by atoms with Crippen LogP contribution in [0.4, 0.5) is 0 Å². The minimum atomic E-state index is -0.171. The zero-order chi connectivity index (χ0) is 17.5. The van der Waals surface area contributed by atoms with Gasteiger partial charge in [0.1, 0.15) is 5.76 Å². The third-order valence-corrected chi connectivity index (χ3v) is 4.59. The van der Waals surface area contributed by atoms with Gasteiger partial charge in [-0.15, -0.1) is 0 Å². The van der Waals surface area contributed by atoms with Gasteiger partial charge in [0, 0.05) is 32.1 Å². The molecule has 0 bridgehead atoms. The number of ether oxygens (including phenoxy) is 1. The topological polar surface area (TPSA) is 71.8 Å². The molecular formula is C18H26N2O4. The van der Waals surface area contributed by atoms with Gasteiger partial charge in [-0.05, 0) is 40.0 Å². The summed E-state index contributed by atoms with van der Waals surface area (Å²) < 4.78 is 11.6. The zero-order valence-corrected chi connectivity index (χ0v) is 14.8. The molecule has 6 heteroatoms. The quantitative estimate of drug-likeness (QED) is 0.921. The second-order valence-electron chi connectivity index (χ2n) is 7.70. The molecule has 3 rings (SSSR count). The van der Waals surface area contributed by atoms with Gasteiger partial charge in [0.25, 0.3) is 11.8 Å². The van der Waals surface area contributed by atoms with E-state index >= 15 is 0 Å². The molecule has 1 aromatic rings. The third-order valence-electron chi connectivity index (χ3n) is 4.59. The lowest BCUT2D eigenvalue weighted by molar-refractivity contribution is -0.113. The van der Waals surface area contributed by atoms with Crippen LogP contribution in [0.5, 0.6) is 0 Å². The summed E-state index contributed by atoms with van der Waals surface area (Å²) in [4.78, 5) is 26.3. The first kappa shape index (κ1) is 17.0. The van der Waals surface area contributed by atoms with Gasteiger partial charge in [-0.1, -0.05) is 0 Å². The Morgan fingerprint density at radius 2 is 2.08 bits per heavy atom. The molecule has 0 radical (unpaired) electrons. The van der Waals surface area contributed by atoms with Crippen molar-refractivity contribution >= 4 is 11.8 Å². The number of rotatable bonds is 3. The van der Waals surface area contributed by atoms with Crippen LogP contribution >= 0.6 is 0 Å². The first-order valence-electron chi connectivity index (χ1n) is 8.60. The minimum Gasteiger partial charge on any atom is -0.455 e. The Morgan fingerprint density at radius 1 is 1.38 bits per heavy atom. The number of aryl methyl sites for hydroxylation is 1. The van der Waals surface area contributed by atoms with E-state index in [-0.39, 0.29) is 35.3 Å². The van der Waals surface area contributed by atoms with E-state index < -0.39 is 0 Å². The second kappa shape index (κ2) is 6.24. The molecule has 0 unspecified atom stereocenters. The molecule has 0 aromatic carbocycles. The normalized spacial score (nSPS) is 23.8. The fourth-order valence-corrected chi connectivity index (χ4v) is 3.25. The summed E-state index contributed by atoms with van der Waals surface area (Å²) in [5.41, 5.74) is 0.330. The Labute approximate surface area is 142 Å². The Bertz CT molecular complexity index is 638. The maximum absolute atomic E-state index is 12.6. The second-order valence-corrected chi connectivity index (χ2v) is 7.70. The van der Waals surface area contributed by atoms with Gasteiger partial charge >= 0.3 is 0 Å². The highest BCUT2D eigenvalue weighted by atomic mass is 16.5. The highest BCUT2D eigenvalue weighted by molar-refractivity contribution is 5.99. The summed E-state index contributed by atoms with van der Waals surface area (Å²) in [5, 5.41) is 2.81. The molecule has 1 aliphatic carbocycles. The maximum atomic E-state index is 12.6. The molecule has 1 N–H and O–H groups in total. The number of nitrogens with one attached hydrogen (secondary N) is 1. The summed E-state index contributed by atoms with van der Waals surface area (Å²) in [6.07, 6.45) is 3.37. The third kappa shape index (κ3) is 3.48. The van der Waals surface area contributed by atoms with Crippen LogP contribution in [0.2, 0.25) is 0 Å². The smallest absolute Gasteiger partial charge is 0.289 e. The van der Waals surface area contributed by atoms with E-state index in [1.807, 2.05) is 20.8 Å². The van der Waals surface area contributed by atoms with E-state index in [1.165, 1.54) is 0 Å². The number of hydrogen-bond acceptors (Lipinski definition) is 4. The molecule has 132 valence electrons. The Morgan fingerprint density at radius 3 is 2.75 bits per heavy atom. The van der Waals surface area contributed by atoms with E-state index in [2.05, 4.69) is 5.32 Å². The Hall–Kier alpha value is -1.82. The van der Waals surface area contributed by atoms with Crippen molar-refractivity contribution in [1.82, 2.24) is 10.2 Å². The summed E-state index contributed by atoms with van der Waals surface area (Å²) in [6.45, 7) is 6.76.